The molecule has 11 aromatic carbocycles. The molecule has 0 aliphatic rings. The number of aromatic nitrogens is 2. The Balaban J connectivity index is 1.13. The highest BCUT2D eigenvalue weighted by Crippen LogP contribution is 2.46. The third-order valence-electron chi connectivity index (χ3n) is 16.2. The zero-order chi connectivity index (χ0) is 56.0. The van der Waals surface area contributed by atoms with Gasteiger partial charge in [-0.25, -0.2) is 4.85 Å². The molecule has 0 aliphatic carbocycles. The summed E-state index contributed by atoms with van der Waals surface area (Å²) in [4.78, 5) is 4.08. The smallest absolute Gasteiger partial charge is 0.195 e. The molecule has 388 valence electrons. The average Bonchev–Trinajstić information content (AvgIpc) is 4.20. The Kier molecular flexibility index (Phi) is 12.3. The summed E-state index contributed by atoms with van der Waals surface area (Å²) >= 11 is 0. The fraction of sp³-hybridized carbons (Fsp3) is 0.117. The lowest BCUT2D eigenvalue weighted by molar-refractivity contribution is 1.16. The van der Waals surface area contributed by atoms with Crippen molar-refractivity contribution in [3.8, 4) is 84.2 Å². The highest BCUT2D eigenvalue weighted by Gasteiger charge is 2.24. The lowest BCUT2D eigenvalue weighted by Crippen LogP contribution is -2.03. The molecule has 81 heavy (non-hydrogen) atoms. The molecule has 0 amide bonds. The van der Waals surface area contributed by atoms with E-state index < -0.39 is 0 Å². The summed E-state index contributed by atoms with van der Waals surface area (Å²) in [7, 11) is 0. The summed E-state index contributed by atoms with van der Waals surface area (Å²) in [6.07, 6.45) is 0. The molecule has 0 saturated heterocycles. The summed E-state index contributed by atoms with van der Waals surface area (Å²) in [5.41, 5.74) is 31.2. The van der Waals surface area contributed by atoms with Crippen LogP contribution in [-0.2, 0) is 0 Å². The summed E-state index contributed by atoms with van der Waals surface area (Å²) in [6.45, 7) is 27.8. The van der Waals surface area contributed by atoms with E-state index in [0.29, 0.717) is 11.3 Å². The molecule has 0 unspecified atom stereocenters. The van der Waals surface area contributed by atoms with E-state index in [1.54, 1.807) is 0 Å². The van der Waals surface area contributed by atoms with Crippen molar-refractivity contribution >= 4 is 49.3 Å². The largest absolute Gasteiger partial charge is 0.309 e. The van der Waals surface area contributed by atoms with Crippen LogP contribution >= 0.6 is 0 Å². The van der Waals surface area contributed by atoms with Crippen molar-refractivity contribution < 1.29 is 0 Å². The molecule has 0 aliphatic heterocycles. The van der Waals surface area contributed by atoms with E-state index >= 15 is 0 Å². The fourth-order valence-corrected chi connectivity index (χ4v) is 13.0. The Labute approximate surface area is 474 Å². The topological polar surface area (TPSA) is 38.0 Å². The minimum atomic E-state index is 0.559. The van der Waals surface area contributed by atoms with E-state index in [9.17, 15) is 5.26 Å². The van der Waals surface area contributed by atoms with Crippen LogP contribution in [-0.4, -0.2) is 9.13 Å². The predicted octanol–water partition coefficient (Wildman–Crippen LogP) is 21.1. The molecule has 4 heteroatoms. The molecular formula is C77H60N4. The molecule has 13 rings (SSSR count). The van der Waals surface area contributed by atoms with E-state index in [1.807, 2.05) is 19.1 Å². The Bertz CT molecular complexity index is 4590. The molecule has 0 saturated carbocycles. The predicted molar refractivity (Wildman–Crippen MR) is 341 cm³/mol. The van der Waals surface area contributed by atoms with Gasteiger partial charge in [0.2, 0.25) is 0 Å². The molecule has 2 aromatic heterocycles. The summed E-state index contributed by atoms with van der Waals surface area (Å²) in [5.74, 6) is 0. The van der Waals surface area contributed by atoms with Crippen molar-refractivity contribution in [3.63, 3.8) is 0 Å². The third-order valence-corrected chi connectivity index (χ3v) is 16.2. The van der Waals surface area contributed by atoms with Crippen LogP contribution in [0.4, 0.5) is 5.69 Å². The van der Waals surface area contributed by atoms with E-state index in [1.165, 1.54) is 66.8 Å². The maximum atomic E-state index is 10.9. The minimum Gasteiger partial charge on any atom is -0.309 e. The first-order valence-corrected chi connectivity index (χ1v) is 27.9. The zero-order valence-electron chi connectivity index (χ0n) is 47.3. The molecule has 0 spiro atoms. The maximum absolute atomic E-state index is 10.9. The Morgan fingerprint density at radius 1 is 0.296 bits per heavy atom. The first-order chi connectivity index (χ1) is 39.2. The highest BCUT2D eigenvalue weighted by atomic mass is 15.0. The van der Waals surface area contributed by atoms with Gasteiger partial charge in [-0.2, -0.15) is 5.26 Å². The minimum absolute atomic E-state index is 0.559. The van der Waals surface area contributed by atoms with Gasteiger partial charge in [-0.1, -0.05) is 177 Å². The van der Waals surface area contributed by atoms with Gasteiger partial charge in [0.05, 0.1) is 51.6 Å². The van der Waals surface area contributed by atoms with Gasteiger partial charge in [-0.05, 0) is 191 Å². The van der Waals surface area contributed by atoms with Crippen LogP contribution in [0.1, 0.15) is 55.6 Å². The van der Waals surface area contributed by atoms with Crippen molar-refractivity contribution in [1.29, 1.82) is 5.26 Å². The van der Waals surface area contributed by atoms with Crippen molar-refractivity contribution in [2.24, 2.45) is 0 Å². The molecule has 0 atom stereocenters. The van der Waals surface area contributed by atoms with Crippen LogP contribution in [0.5, 0.6) is 0 Å². The van der Waals surface area contributed by atoms with E-state index in [-0.39, 0.29) is 0 Å². The van der Waals surface area contributed by atoms with Gasteiger partial charge in [0, 0.05) is 32.7 Å². The first kappa shape index (κ1) is 50.5. The molecule has 0 radical (unpaired) electrons. The first-order valence-electron chi connectivity index (χ1n) is 27.9. The Morgan fingerprint density at radius 2 is 0.654 bits per heavy atom. The van der Waals surface area contributed by atoms with Crippen LogP contribution < -0.4 is 0 Å². The van der Waals surface area contributed by atoms with E-state index in [0.717, 1.165) is 105 Å². The second kappa shape index (κ2) is 19.7. The second-order valence-electron chi connectivity index (χ2n) is 22.8. The number of hydrogen-bond donors (Lipinski definition) is 0. The van der Waals surface area contributed by atoms with Gasteiger partial charge in [0.15, 0.2) is 5.69 Å². The van der Waals surface area contributed by atoms with Crippen molar-refractivity contribution in [2.45, 2.75) is 62.3 Å². The number of nitrogens with zero attached hydrogens (tertiary/aromatic N) is 4. The quantitative estimate of drug-likeness (QED) is 0.140. The fourth-order valence-electron chi connectivity index (χ4n) is 13.0. The number of hydrogen-bond acceptors (Lipinski definition) is 1. The Morgan fingerprint density at radius 3 is 1.02 bits per heavy atom. The van der Waals surface area contributed by atoms with Gasteiger partial charge in [-0.15, -0.1) is 0 Å². The highest BCUT2D eigenvalue weighted by molar-refractivity contribution is 6.14. The van der Waals surface area contributed by atoms with Crippen LogP contribution in [0.25, 0.3) is 127 Å². The molecule has 0 fully saturated rings. The van der Waals surface area contributed by atoms with Gasteiger partial charge in [-0.3, -0.25) is 0 Å². The van der Waals surface area contributed by atoms with Gasteiger partial charge in [0.25, 0.3) is 0 Å². The number of aryl methyl sites for hydroxylation is 9. The standard InChI is InChI=1S/C77H60N4/c1-45-11-18-64(71(37-45)79-10)59-17-24-72(80-73-20-13-55(60-29-46(2)25-47(3)30-60)39-67(73)68-40-56(14-21-74(68)80)61-31-48(4)26-49(5)32-61)66(43-59)65-19-12-54(44-78)38-77(65)81-75-22-15-57(62-33-50(6)27-51(7)34-62)41-69(75)70-42-58(16-23-76(70)81)63-35-52(8)28-53(9)36-63/h11-43H,1-9H3. The lowest BCUT2D eigenvalue weighted by atomic mass is 9.94. The SMILES string of the molecule is [C-]#[N+]c1cc(C)ccc1-c1ccc(-n2c3ccc(-c4cc(C)cc(C)c4)cc3c3cc(-c4cc(C)cc(C)c4)ccc32)c(-c2ccc(C#N)cc2-n2c3ccc(-c4cc(C)cc(C)c4)cc3c3cc(-c4cc(C)cc(C)c4)ccc32)c1. The van der Waals surface area contributed by atoms with Crippen LogP contribution in [0.3, 0.4) is 0 Å². The van der Waals surface area contributed by atoms with E-state index in [2.05, 4.69) is 263 Å². The van der Waals surface area contributed by atoms with Crippen molar-refractivity contribution in [2.75, 3.05) is 0 Å². The number of rotatable bonds is 8. The second-order valence-corrected chi connectivity index (χ2v) is 22.8. The molecule has 13 aromatic rings. The van der Waals surface area contributed by atoms with Gasteiger partial charge in [0.1, 0.15) is 0 Å². The van der Waals surface area contributed by atoms with Crippen LogP contribution in [0, 0.1) is 80.2 Å². The van der Waals surface area contributed by atoms with Gasteiger partial charge >= 0.3 is 0 Å². The summed E-state index contributed by atoms with van der Waals surface area (Å²) in [6, 6.07) is 76.3. The Hall–Kier alpha value is -10.0. The maximum Gasteiger partial charge on any atom is 0.195 e. The van der Waals surface area contributed by atoms with Crippen LogP contribution in [0.15, 0.2) is 200 Å². The summed E-state index contributed by atoms with van der Waals surface area (Å²) in [5, 5.41) is 15.4. The van der Waals surface area contributed by atoms with Crippen LogP contribution in [0.2, 0.25) is 0 Å². The van der Waals surface area contributed by atoms with E-state index in [4.69, 9.17) is 6.57 Å². The van der Waals surface area contributed by atoms with Crippen molar-refractivity contribution in [3.05, 3.63) is 267 Å². The zero-order valence-corrected chi connectivity index (χ0v) is 47.3. The normalized spacial score (nSPS) is 11.5. The van der Waals surface area contributed by atoms with Gasteiger partial charge < -0.3 is 9.13 Å². The molecule has 0 bridgehead atoms. The molecule has 4 nitrogen and oxygen atoms in total. The third kappa shape index (κ3) is 9.06. The number of fused-ring (bicyclic) bond motifs is 6. The molecular weight excluding hydrogens is 981 g/mol. The number of nitriles is 1. The molecule has 0 N–H and O–H groups in total. The lowest BCUT2D eigenvalue weighted by Gasteiger charge is -2.20. The average molecular weight is 1040 g/mol. The molecule has 2 heterocycles. The summed E-state index contributed by atoms with van der Waals surface area (Å²) < 4.78 is 4.81. The van der Waals surface area contributed by atoms with Crippen molar-refractivity contribution in [1.82, 2.24) is 9.13 Å². The monoisotopic (exact) mass is 1040 g/mol. The number of benzene rings is 11.